The lowest BCUT2D eigenvalue weighted by Gasteiger charge is -2.56. The number of H-pyrrole nitrogens is 1. The average Bonchev–Trinajstić information content (AvgIpc) is 2.60. The monoisotopic (exact) mass is 229 g/mol. The van der Waals surface area contributed by atoms with Gasteiger partial charge in [0, 0.05) is 11.8 Å². The molecule has 0 aromatic carbocycles. The van der Waals surface area contributed by atoms with Crippen molar-refractivity contribution in [3.05, 3.63) is 17.5 Å². The lowest BCUT2D eigenvalue weighted by molar-refractivity contribution is -0.0526. The van der Waals surface area contributed by atoms with Crippen LogP contribution in [-0.2, 0) is 6.42 Å². The highest BCUT2D eigenvalue weighted by molar-refractivity contribution is 5.11. The van der Waals surface area contributed by atoms with Gasteiger partial charge in [-0.15, -0.1) is 0 Å². The third kappa shape index (κ3) is 1.64. The fraction of sp³-hybridized carbons (Fsp3) is 0.800. The molecule has 4 saturated carbocycles. The zero-order valence-corrected chi connectivity index (χ0v) is 10.6. The van der Waals surface area contributed by atoms with E-state index < -0.39 is 0 Å². The Labute approximate surface area is 103 Å². The normalized spacial score (nSPS) is 43.2. The third-order valence-corrected chi connectivity index (χ3v) is 5.40. The van der Waals surface area contributed by atoms with E-state index in [4.69, 9.17) is 0 Å². The second kappa shape index (κ2) is 3.37. The first kappa shape index (κ1) is 10.2. The molecule has 0 atom stereocenters. The van der Waals surface area contributed by atoms with Crippen LogP contribution in [0, 0.1) is 36.2 Å². The van der Waals surface area contributed by atoms with Gasteiger partial charge < -0.3 is 0 Å². The van der Waals surface area contributed by atoms with E-state index in [1.165, 1.54) is 50.6 Å². The zero-order valence-electron chi connectivity index (χ0n) is 10.6. The topological polar surface area (TPSA) is 28.7 Å². The van der Waals surface area contributed by atoms with E-state index in [1.54, 1.807) is 0 Å². The molecule has 0 amide bonds. The Hall–Kier alpha value is -0.790. The predicted molar refractivity (Wildman–Crippen MR) is 66.5 cm³/mol. The Bertz CT molecular complexity index is 397. The van der Waals surface area contributed by atoms with Crippen molar-refractivity contribution in [2.24, 2.45) is 23.2 Å². The van der Waals surface area contributed by atoms with Crippen molar-refractivity contribution in [2.45, 2.75) is 51.9 Å². The average molecular weight is 229 g/mol. The van der Waals surface area contributed by atoms with E-state index in [2.05, 4.69) is 23.2 Å². The van der Waals surface area contributed by atoms with Gasteiger partial charge in [0.2, 0.25) is 0 Å². The van der Waals surface area contributed by atoms with Crippen LogP contribution in [0.1, 0.15) is 49.9 Å². The Kier molecular flexibility index (Phi) is 2.01. The van der Waals surface area contributed by atoms with Crippen LogP contribution >= 0.6 is 0 Å². The molecule has 1 heterocycles. The van der Waals surface area contributed by atoms with Crippen molar-refractivity contribution >= 4 is 0 Å². The van der Waals surface area contributed by atoms with Gasteiger partial charge >= 0.3 is 0 Å². The molecule has 5 rings (SSSR count). The highest BCUT2D eigenvalue weighted by atomic mass is 15.1. The molecule has 0 spiro atoms. The van der Waals surface area contributed by atoms with E-state index in [9.17, 15) is 0 Å². The number of hydrogen-bond acceptors (Lipinski definition) is 1. The van der Waals surface area contributed by atoms with Crippen molar-refractivity contribution in [1.29, 1.82) is 0 Å². The van der Waals surface area contributed by atoms with Gasteiger partial charge in [-0.2, -0.15) is 5.10 Å². The minimum absolute atomic E-state index is 0.604. The Morgan fingerprint density at radius 3 is 2.24 bits per heavy atom. The molecule has 17 heavy (non-hydrogen) atoms. The molecule has 4 aliphatic rings. The molecular weight excluding hydrogens is 208 g/mol. The van der Waals surface area contributed by atoms with Gasteiger partial charge in [0.25, 0.3) is 0 Å². The van der Waals surface area contributed by atoms with Crippen LogP contribution in [0.4, 0.5) is 0 Å². The molecule has 2 heteroatoms. The summed E-state index contributed by atoms with van der Waals surface area (Å²) < 4.78 is 0. The molecule has 0 unspecified atom stereocenters. The van der Waals surface area contributed by atoms with Crippen molar-refractivity contribution in [3.63, 3.8) is 0 Å². The van der Waals surface area contributed by atoms with Crippen LogP contribution < -0.4 is 0 Å². The molecule has 91 valence electrons. The molecule has 2 nitrogen and oxygen atoms in total. The van der Waals surface area contributed by atoms with E-state index in [-0.39, 0.29) is 0 Å². The Morgan fingerprint density at radius 2 is 1.76 bits per heavy atom. The predicted octanol–water partition coefficient (Wildman–Crippen LogP) is 3.28. The molecule has 1 N–H and O–H groups in total. The second-order valence-corrected chi connectivity index (χ2v) is 7.01. The summed E-state index contributed by atoms with van der Waals surface area (Å²) >= 11 is 0. The van der Waals surface area contributed by atoms with Crippen LogP contribution in [-0.4, -0.2) is 10.2 Å². The largest absolute Gasteiger partial charge is 0.282 e. The minimum Gasteiger partial charge on any atom is -0.282 e. The summed E-state index contributed by atoms with van der Waals surface area (Å²) in [7, 11) is 0. The number of aromatic nitrogens is 2. The van der Waals surface area contributed by atoms with E-state index in [0.717, 1.165) is 23.4 Å². The molecule has 1 radical (unpaired) electrons. The SMILES string of the molecule is Cc1[c]c(CC23CC4CC(CC(C4)C2)C3)n[nH]1. The summed E-state index contributed by atoms with van der Waals surface area (Å²) in [6, 6.07) is 3.38. The van der Waals surface area contributed by atoms with Gasteiger partial charge in [-0.05, 0) is 75.0 Å². The van der Waals surface area contributed by atoms with Crippen LogP contribution in [0.3, 0.4) is 0 Å². The standard InChI is InChI=1S/C15H21N2/c1-10-2-14(17-16-10)9-15-6-11-3-12(7-15)5-13(4-11)8-15/h11-13H,3-9H2,1H3,(H,16,17). The molecule has 0 saturated heterocycles. The summed E-state index contributed by atoms with van der Waals surface area (Å²) in [6.07, 6.45) is 10.2. The number of rotatable bonds is 2. The molecule has 4 fully saturated rings. The van der Waals surface area contributed by atoms with Gasteiger partial charge in [-0.25, -0.2) is 0 Å². The molecule has 4 bridgehead atoms. The fourth-order valence-corrected chi connectivity index (χ4v) is 5.37. The maximum Gasteiger partial charge on any atom is 0.0710 e. The van der Waals surface area contributed by atoms with Gasteiger partial charge in [0.15, 0.2) is 0 Å². The summed E-state index contributed by atoms with van der Waals surface area (Å²) in [4.78, 5) is 0. The molecule has 1 aromatic heterocycles. The van der Waals surface area contributed by atoms with Crippen molar-refractivity contribution in [1.82, 2.24) is 10.2 Å². The quantitative estimate of drug-likeness (QED) is 0.828. The lowest BCUT2D eigenvalue weighted by Crippen LogP contribution is -2.47. The fourth-order valence-electron chi connectivity index (χ4n) is 5.37. The Balaban J connectivity index is 1.60. The summed E-state index contributed by atoms with van der Waals surface area (Å²) in [5, 5.41) is 7.46. The van der Waals surface area contributed by atoms with Gasteiger partial charge in [-0.3, -0.25) is 5.10 Å². The van der Waals surface area contributed by atoms with E-state index >= 15 is 0 Å². The highest BCUT2D eigenvalue weighted by Crippen LogP contribution is 2.60. The first-order valence-corrected chi connectivity index (χ1v) is 7.14. The minimum atomic E-state index is 0.604. The van der Waals surface area contributed by atoms with Crippen LogP contribution in [0.5, 0.6) is 0 Å². The Morgan fingerprint density at radius 1 is 1.18 bits per heavy atom. The van der Waals surface area contributed by atoms with Gasteiger partial charge in [0.1, 0.15) is 0 Å². The molecule has 4 aliphatic carbocycles. The van der Waals surface area contributed by atoms with Crippen LogP contribution in [0.25, 0.3) is 0 Å². The maximum atomic E-state index is 4.41. The van der Waals surface area contributed by atoms with Crippen LogP contribution in [0.2, 0.25) is 0 Å². The lowest BCUT2D eigenvalue weighted by atomic mass is 9.48. The van der Waals surface area contributed by atoms with Crippen LogP contribution in [0.15, 0.2) is 0 Å². The highest BCUT2D eigenvalue weighted by Gasteiger charge is 2.50. The number of nitrogens with one attached hydrogen (secondary N) is 1. The summed E-state index contributed by atoms with van der Waals surface area (Å²) in [6.45, 7) is 2.05. The van der Waals surface area contributed by atoms with Crippen molar-refractivity contribution in [3.8, 4) is 0 Å². The smallest absolute Gasteiger partial charge is 0.0710 e. The summed E-state index contributed by atoms with van der Waals surface area (Å²) in [5.74, 6) is 3.13. The van der Waals surface area contributed by atoms with Crippen molar-refractivity contribution < 1.29 is 0 Å². The molecule has 1 aromatic rings. The molecular formula is C15H21N2. The first-order chi connectivity index (χ1) is 8.21. The second-order valence-electron chi connectivity index (χ2n) is 7.01. The van der Waals surface area contributed by atoms with Gasteiger partial charge in [-0.1, -0.05) is 0 Å². The number of aromatic amines is 1. The van der Waals surface area contributed by atoms with Crippen molar-refractivity contribution in [2.75, 3.05) is 0 Å². The van der Waals surface area contributed by atoms with Gasteiger partial charge in [0.05, 0.1) is 5.69 Å². The number of hydrogen-bond donors (Lipinski definition) is 1. The molecule has 0 aliphatic heterocycles. The van der Waals surface area contributed by atoms with E-state index in [0.29, 0.717) is 5.41 Å². The van der Waals surface area contributed by atoms with E-state index in [1.807, 2.05) is 0 Å². The third-order valence-electron chi connectivity index (χ3n) is 5.40. The number of aryl methyl sites for hydroxylation is 1. The maximum absolute atomic E-state index is 4.41. The first-order valence-electron chi connectivity index (χ1n) is 7.14. The number of nitrogens with zero attached hydrogens (tertiary/aromatic N) is 1. The zero-order chi connectivity index (χ0) is 11.5. The summed E-state index contributed by atoms with van der Waals surface area (Å²) in [5.41, 5.74) is 2.88.